The van der Waals surface area contributed by atoms with Crippen molar-refractivity contribution in [1.29, 1.82) is 0 Å². The van der Waals surface area contributed by atoms with Crippen molar-refractivity contribution in [2.24, 2.45) is 0 Å². The van der Waals surface area contributed by atoms with Crippen LogP contribution in [0.5, 0.6) is 0 Å². The first-order valence-corrected chi connectivity index (χ1v) is 5.73. The van der Waals surface area contributed by atoms with Crippen molar-refractivity contribution in [2.75, 3.05) is 0 Å². The van der Waals surface area contributed by atoms with Gasteiger partial charge in [-0.25, -0.2) is 0 Å². The molecular formula is C12H13N3O4. The molecular weight excluding hydrogens is 250 g/mol. The van der Waals surface area contributed by atoms with E-state index < -0.39 is 11.0 Å². The molecule has 7 heteroatoms. The van der Waals surface area contributed by atoms with Crippen LogP contribution in [0.2, 0.25) is 0 Å². The third-order valence-corrected chi connectivity index (χ3v) is 2.61. The third-order valence-electron chi connectivity index (χ3n) is 2.61. The lowest BCUT2D eigenvalue weighted by Gasteiger charge is -2.00. The second kappa shape index (κ2) is 5.15. The Morgan fingerprint density at radius 3 is 2.89 bits per heavy atom. The van der Waals surface area contributed by atoms with Gasteiger partial charge in [0.15, 0.2) is 0 Å². The van der Waals surface area contributed by atoms with E-state index in [1.807, 2.05) is 6.92 Å². The predicted octanol–water partition coefficient (Wildman–Crippen LogP) is 1.88. The van der Waals surface area contributed by atoms with Gasteiger partial charge < -0.3 is 9.63 Å². The zero-order chi connectivity index (χ0) is 14.0. The van der Waals surface area contributed by atoms with Crippen LogP contribution in [0.3, 0.4) is 0 Å². The number of aryl methyl sites for hydroxylation is 1. The van der Waals surface area contributed by atoms with E-state index in [1.54, 1.807) is 13.0 Å². The number of rotatable bonds is 4. The summed E-state index contributed by atoms with van der Waals surface area (Å²) in [6.45, 7) is 3.42. The fourth-order valence-electron chi connectivity index (χ4n) is 1.66. The van der Waals surface area contributed by atoms with Crippen LogP contribution in [0.15, 0.2) is 22.7 Å². The molecule has 100 valence electrons. The number of nitro benzene ring substituents is 1. The Bertz CT molecular complexity index is 607. The minimum atomic E-state index is -0.584. The van der Waals surface area contributed by atoms with Gasteiger partial charge in [-0.1, -0.05) is 11.2 Å². The largest absolute Gasteiger partial charge is 0.393 e. The number of non-ortho nitro benzene ring substituents is 1. The van der Waals surface area contributed by atoms with E-state index >= 15 is 0 Å². The van der Waals surface area contributed by atoms with Crippen LogP contribution >= 0.6 is 0 Å². The highest BCUT2D eigenvalue weighted by Crippen LogP contribution is 2.25. The highest BCUT2D eigenvalue weighted by molar-refractivity contribution is 5.63. The van der Waals surface area contributed by atoms with Gasteiger partial charge in [-0.15, -0.1) is 0 Å². The molecule has 1 unspecified atom stereocenters. The zero-order valence-corrected chi connectivity index (χ0v) is 10.5. The summed E-state index contributed by atoms with van der Waals surface area (Å²) in [4.78, 5) is 14.4. The molecule has 7 nitrogen and oxygen atoms in total. The lowest BCUT2D eigenvalue weighted by Crippen LogP contribution is -2.04. The van der Waals surface area contributed by atoms with Gasteiger partial charge in [-0.05, 0) is 19.4 Å². The van der Waals surface area contributed by atoms with Crippen LogP contribution in [0.4, 0.5) is 5.69 Å². The molecule has 0 aliphatic carbocycles. The Kier molecular flexibility index (Phi) is 3.57. The summed E-state index contributed by atoms with van der Waals surface area (Å²) in [6.07, 6.45) is -0.333. The molecule has 1 heterocycles. The zero-order valence-electron chi connectivity index (χ0n) is 10.5. The van der Waals surface area contributed by atoms with Crippen LogP contribution in [0.25, 0.3) is 11.4 Å². The molecule has 1 N–H and O–H groups in total. The van der Waals surface area contributed by atoms with Gasteiger partial charge in [0, 0.05) is 17.7 Å². The Balaban J connectivity index is 2.38. The first-order chi connectivity index (χ1) is 8.97. The first kappa shape index (κ1) is 13.2. The lowest BCUT2D eigenvalue weighted by molar-refractivity contribution is -0.384. The van der Waals surface area contributed by atoms with E-state index in [0.717, 1.165) is 5.56 Å². The van der Waals surface area contributed by atoms with Gasteiger partial charge in [0.05, 0.1) is 17.4 Å². The molecule has 1 aromatic carbocycles. The summed E-state index contributed by atoms with van der Waals surface area (Å²) in [5.74, 6) is 0.591. The number of benzene rings is 1. The van der Waals surface area contributed by atoms with E-state index in [4.69, 9.17) is 4.52 Å². The molecule has 0 amide bonds. The molecule has 0 saturated heterocycles. The molecule has 1 aromatic heterocycles. The van der Waals surface area contributed by atoms with Crippen molar-refractivity contribution in [1.82, 2.24) is 10.1 Å². The monoisotopic (exact) mass is 263 g/mol. The number of aliphatic hydroxyl groups is 1. The van der Waals surface area contributed by atoms with Crippen molar-refractivity contribution in [3.8, 4) is 11.4 Å². The number of aliphatic hydroxyl groups excluding tert-OH is 1. The smallest absolute Gasteiger partial charge is 0.270 e. The van der Waals surface area contributed by atoms with Crippen molar-refractivity contribution < 1.29 is 14.6 Å². The van der Waals surface area contributed by atoms with E-state index in [0.29, 0.717) is 11.5 Å². The molecule has 0 spiro atoms. The molecule has 0 bridgehead atoms. The van der Waals surface area contributed by atoms with Crippen molar-refractivity contribution >= 4 is 5.69 Å². The fraction of sp³-hybridized carbons (Fsp3) is 0.333. The summed E-state index contributed by atoms with van der Waals surface area (Å²) >= 11 is 0. The van der Waals surface area contributed by atoms with Crippen LogP contribution in [-0.4, -0.2) is 26.3 Å². The Morgan fingerprint density at radius 1 is 1.53 bits per heavy atom. The Labute approximate surface area is 109 Å². The quantitative estimate of drug-likeness (QED) is 0.667. The highest BCUT2D eigenvalue weighted by atomic mass is 16.6. The maximum Gasteiger partial charge on any atom is 0.270 e. The standard InChI is InChI=1S/C12H13N3O4/c1-7-3-4-9(15(17)18)6-10(7)12-13-11(19-14-12)5-8(2)16/h3-4,6,8,16H,5H2,1-2H3. The van der Waals surface area contributed by atoms with Crippen molar-refractivity contribution in [3.63, 3.8) is 0 Å². The first-order valence-electron chi connectivity index (χ1n) is 5.73. The summed E-state index contributed by atoms with van der Waals surface area (Å²) in [7, 11) is 0. The number of hydrogen-bond donors (Lipinski definition) is 1. The molecule has 1 atom stereocenters. The molecule has 2 rings (SSSR count). The number of nitro groups is 1. The summed E-state index contributed by atoms with van der Waals surface area (Å²) in [5.41, 5.74) is 1.34. The van der Waals surface area contributed by atoms with Crippen LogP contribution < -0.4 is 0 Å². The van der Waals surface area contributed by atoms with E-state index in [2.05, 4.69) is 10.1 Å². The lowest BCUT2D eigenvalue weighted by atomic mass is 10.1. The summed E-state index contributed by atoms with van der Waals surface area (Å²) < 4.78 is 4.99. The van der Waals surface area contributed by atoms with E-state index in [-0.39, 0.29) is 17.9 Å². The SMILES string of the molecule is Cc1ccc([N+](=O)[O-])cc1-c1noc(CC(C)O)n1. The van der Waals surface area contributed by atoms with Gasteiger partial charge in [-0.3, -0.25) is 10.1 Å². The minimum Gasteiger partial charge on any atom is -0.393 e. The second-order valence-electron chi connectivity index (χ2n) is 4.32. The molecule has 2 aromatic rings. The summed E-state index contributed by atoms with van der Waals surface area (Å²) in [5, 5.41) is 23.8. The maximum atomic E-state index is 10.8. The molecule has 0 fully saturated rings. The average Bonchev–Trinajstić information content (AvgIpc) is 2.76. The normalized spacial score (nSPS) is 12.4. The number of aromatic nitrogens is 2. The van der Waals surface area contributed by atoms with Crippen LogP contribution in [0, 0.1) is 17.0 Å². The van der Waals surface area contributed by atoms with Crippen LogP contribution in [-0.2, 0) is 6.42 Å². The maximum absolute atomic E-state index is 10.8. The van der Waals surface area contributed by atoms with Gasteiger partial charge >= 0.3 is 0 Å². The predicted molar refractivity (Wildman–Crippen MR) is 66.5 cm³/mol. The summed E-state index contributed by atoms with van der Waals surface area (Å²) in [6, 6.07) is 4.47. The molecule has 0 aliphatic heterocycles. The van der Waals surface area contributed by atoms with E-state index in [1.165, 1.54) is 12.1 Å². The molecule has 0 saturated carbocycles. The number of nitrogens with zero attached hydrogens (tertiary/aromatic N) is 3. The Hall–Kier alpha value is -2.28. The van der Waals surface area contributed by atoms with Crippen molar-refractivity contribution in [2.45, 2.75) is 26.4 Å². The molecule has 0 aliphatic rings. The Morgan fingerprint density at radius 2 is 2.26 bits per heavy atom. The van der Waals surface area contributed by atoms with Gasteiger partial charge in [-0.2, -0.15) is 4.98 Å². The molecule has 19 heavy (non-hydrogen) atoms. The second-order valence-corrected chi connectivity index (χ2v) is 4.32. The molecule has 0 radical (unpaired) electrons. The van der Waals surface area contributed by atoms with Gasteiger partial charge in [0.1, 0.15) is 0 Å². The van der Waals surface area contributed by atoms with Gasteiger partial charge in [0.25, 0.3) is 5.69 Å². The van der Waals surface area contributed by atoms with E-state index in [9.17, 15) is 15.2 Å². The topological polar surface area (TPSA) is 102 Å². The highest BCUT2D eigenvalue weighted by Gasteiger charge is 2.15. The minimum absolute atomic E-state index is 0.0255. The van der Waals surface area contributed by atoms with Gasteiger partial charge in [0.2, 0.25) is 11.7 Å². The third kappa shape index (κ3) is 2.94. The average molecular weight is 263 g/mol. The number of hydrogen-bond acceptors (Lipinski definition) is 6. The van der Waals surface area contributed by atoms with Crippen molar-refractivity contribution in [3.05, 3.63) is 39.8 Å². The fourth-order valence-corrected chi connectivity index (χ4v) is 1.66. The van der Waals surface area contributed by atoms with Crippen LogP contribution in [0.1, 0.15) is 18.4 Å².